The van der Waals surface area contributed by atoms with E-state index in [1.807, 2.05) is 57.1 Å². The summed E-state index contributed by atoms with van der Waals surface area (Å²) >= 11 is 3.48. The summed E-state index contributed by atoms with van der Waals surface area (Å²) in [6.45, 7) is 4.72. The Morgan fingerprint density at radius 3 is 2.52 bits per heavy atom. The molecule has 6 nitrogen and oxygen atoms in total. The van der Waals surface area contributed by atoms with Crippen molar-refractivity contribution in [2.45, 2.75) is 45.6 Å². The molecule has 1 amide bonds. The Balaban J connectivity index is 1.47. The summed E-state index contributed by atoms with van der Waals surface area (Å²) in [5.74, 6) is 2.14. The molecular formula is C22H30BrN5O. The Labute approximate surface area is 181 Å². The number of hydrogen-bond acceptors (Lipinski definition) is 5. The lowest BCUT2D eigenvalue weighted by molar-refractivity contribution is 0.0943. The zero-order valence-electron chi connectivity index (χ0n) is 17.6. The van der Waals surface area contributed by atoms with Crippen molar-refractivity contribution in [1.29, 1.82) is 0 Å². The smallest absolute Gasteiger partial charge is 0.251 e. The first-order chi connectivity index (χ1) is 13.8. The topological polar surface area (TPSA) is 70.2 Å². The molecule has 2 aromatic rings. The molecule has 0 unspecified atom stereocenters. The molecule has 0 radical (unpaired) electrons. The number of nitrogens with one attached hydrogen (secondary N) is 2. The fourth-order valence-corrected chi connectivity index (χ4v) is 3.91. The van der Waals surface area contributed by atoms with Crippen LogP contribution in [0.3, 0.4) is 0 Å². The Bertz CT molecular complexity index is 862. The highest BCUT2D eigenvalue weighted by molar-refractivity contribution is 9.10. The monoisotopic (exact) mass is 459 g/mol. The largest absolute Gasteiger partial charge is 0.363 e. The Kier molecular flexibility index (Phi) is 7.11. The lowest BCUT2D eigenvalue weighted by Gasteiger charge is -2.29. The highest BCUT2D eigenvalue weighted by Crippen LogP contribution is 2.26. The molecule has 0 spiro atoms. The van der Waals surface area contributed by atoms with E-state index in [0.29, 0.717) is 23.5 Å². The summed E-state index contributed by atoms with van der Waals surface area (Å²) in [4.78, 5) is 23.5. The molecule has 1 aromatic heterocycles. The quantitative estimate of drug-likeness (QED) is 0.672. The number of hydrogen-bond donors (Lipinski definition) is 2. The molecule has 0 atom stereocenters. The molecule has 7 heteroatoms. The van der Waals surface area contributed by atoms with Crippen molar-refractivity contribution in [1.82, 2.24) is 15.3 Å². The van der Waals surface area contributed by atoms with Gasteiger partial charge in [-0.15, -0.1) is 0 Å². The number of carbonyl (C=O) groups excluding carboxylic acids is 1. The second-order valence-electron chi connectivity index (χ2n) is 8.12. The molecule has 1 aliphatic rings. The van der Waals surface area contributed by atoms with Crippen LogP contribution in [0.2, 0.25) is 0 Å². The van der Waals surface area contributed by atoms with E-state index in [1.54, 1.807) is 0 Å². The van der Waals surface area contributed by atoms with Crippen molar-refractivity contribution in [3.05, 3.63) is 45.6 Å². The third kappa shape index (κ3) is 5.92. The number of benzene rings is 1. The lowest BCUT2D eigenvalue weighted by Crippen LogP contribution is -2.34. The van der Waals surface area contributed by atoms with Gasteiger partial charge in [0.1, 0.15) is 5.82 Å². The van der Waals surface area contributed by atoms with E-state index in [1.165, 1.54) is 0 Å². The van der Waals surface area contributed by atoms with Crippen LogP contribution >= 0.6 is 15.9 Å². The molecular weight excluding hydrogens is 430 g/mol. The minimum absolute atomic E-state index is 0.00484. The SMILES string of the molecule is Cc1cc(N(C)C)nc(N[C@H]2CC[C@@H](CNC(=O)c3ccc(Br)c(C)c3)CC2)n1. The Hall–Kier alpha value is -2.15. The van der Waals surface area contributed by atoms with Gasteiger partial charge in [-0.25, -0.2) is 4.98 Å². The van der Waals surface area contributed by atoms with Gasteiger partial charge in [-0.2, -0.15) is 4.98 Å². The number of anilines is 2. The minimum atomic E-state index is 0.00484. The highest BCUT2D eigenvalue weighted by Gasteiger charge is 2.22. The second-order valence-corrected chi connectivity index (χ2v) is 8.98. The average Bonchev–Trinajstić information content (AvgIpc) is 2.69. The summed E-state index contributed by atoms with van der Waals surface area (Å²) in [7, 11) is 3.97. The van der Waals surface area contributed by atoms with Gasteiger partial charge in [-0.3, -0.25) is 4.79 Å². The summed E-state index contributed by atoms with van der Waals surface area (Å²) in [6, 6.07) is 8.07. The van der Waals surface area contributed by atoms with E-state index < -0.39 is 0 Å². The molecule has 3 rings (SSSR count). The van der Waals surface area contributed by atoms with Crippen LogP contribution in [0.25, 0.3) is 0 Å². The number of nitrogens with zero attached hydrogens (tertiary/aromatic N) is 3. The van der Waals surface area contributed by atoms with Crippen molar-refractivity contribution < 1.29 is 4.79 Å². The Morgan fingerprint density at radius 2 is 1.86 bits per heavy atom. The average molecular weight is 460 g/mol. The maximum Gasteiger partial charge on any atom is 0.251 e. The van der Waals surface area contributed by atoms with E-state index in [4.69, 9.17) is 0 Å². The zero-order chi connectivity index (χ0) is 21.0. The van der Waals surface area contributed by atoms with Gasteiger partial charge in [0.05, 0.1) is 0 Å². The molecule has 0 aliphatic heterocycles. The van der Waals surface area contributed by atoms with E-state index in [-0.39, 0.29) is 5.91 Å². The van der Waals surface area contributed by atoms with Gasteiger partial charge in [-0.1, -0.05) is 15.9 Å². The number of halogens is 1. The fraction of sp³-hybridized carbons (Fsp3) is 0.500. The maximum absolute atomic E-state index is 12.4. The van der Waals surface area contributed by atoms with Gasteiger partial charge in [0.2, 0.25) is 5.95 Å². The van der Waals surface area contributed by atoms with Crippen molar-refractivity contribution in [3.8, 4) is 0 Å². The molecule has 1 aliphatic carbocycles. The maximum atomic E-state index is 12.4. The molecule has 1 aromatic carbocycles. The van der Waals surface area contributed by atoms with Crippen LogP contribution in [0.4, 0.5) is 11.8 Å². The molecule has 2 N–H and O–H groups in total. The molecule has 156 valence electrons. The Morgan fingerprint density at radius 1 is 1.14 bits per heavy atom. The van der Waals surface area contributed by atoms with Crippen LogP contribution in [-0.2, 0) is 0 Å². The van der Waals surface area contributed by atoms with Gasteiger partial charge in [0.15, 0.2) is 0 Å². The van der Waals surface area contributed by atoms with Gasteiger partial charge < -0.3 is 15.5 Å². The third-order valence-corrected chi connectivity index (χ3v) is 6.34. The molecule has 1 heterocycles. The summed E-state index contributed by atoms with van der Waals surface area (Å²) in [6.07, 6.45) is 4.30. The first kappa shape index (κ1) is 21.6. The van der Waals surface area contributed by atoms with Crippen molar-refractivity contribution >= 4 is 33.6 Å². The first-order valence-electron chi connectivity index (χ1n) is 10.2. The first-order valence-corrected chi connectivity index (χ1v) is 10.9. The number of amides is 1. The summed E-state index contributed by atoms with van der Waals surface area (Å²) in [5, 5.41) is 6.60. The van der Waals surface area contributed by atoms with E-state index >= 15 is 0 Å². The zero-order valence-corrected chi connectivity index (χ0v) is 19.2. The van der Waals surface area contributed by atoms with Crippen molar-refractivity contribution in [3.63, 3.8) is 0 Å². The minimum Gasteiger partial charge on any atom is -0.363 e. The predicted octanol–water partition coefficient (Wildman–Crippen LogP) is 4.32. The summed E-state index contributed by atoms with van der Waals surface area (Å²) < 4.78 is 1.02. The highest BCUT2D eigenvalue weighted by atomic mass is 79.9. The van der Waals surface area contributed by atoms with Crippen molar-refractivity contribution in [2.75, 3.05) is 30.9 Å². The van der Waals surface area contributed by atoms with Gasteiger partial charge >= 0.3 is 0 Å². The summed E-state index contributed by atoms with van der Waals surface area (Å²) in [5.41, 5.74) is 2.75. The van der Waals surface area contributed by atoms with Gasteiger partial charge in [-0.05, 0) is 69.2 Å². The fourth-order valence-electron chi connectivity index (χ4n) is 3.66. The van der Waals surface area contributed by atoms with Crippen LogP contribution < -0.4 is 15.5 Å². The molecule has 0 saturated heterocycles. The molecule has 1 fully saturated rings. The van der Waals surface area contributed by atoms with Crippen LogP contribution in [0.5, 0.6) is 0 Å². The number of aromatic nitrogens is 2. The normalized spacial score (nSPS) is 18.9. The standard InChI is InChI=1S/C22H30BrN5O/c1-14-11-17(7-10-19(14)23)21(29)24-13-16-5-8-18(9-6-16)26-22-25-15(2)12-20(27-22)28(3)4/h7,10-12,16,18H,5-6,8-9,13H2,1-4H3,(H,24,29)(H,25,26,27)/t16-,18+. The molecule has 1 saturated carbocycles. The number of aryl methyl sites for hydroxylation is 2. The van der Waals surface area contributed by atoms with E-state index in [9.17, 15) is 4.79 Å². The van der Waals surface area contributed by atoms with Gasteiger partial charge in [0.25, 0.3) is 5.91 Å². The van der Waals surface area contributed by atoms with Crippen LogP contribution in [0, 0.1) is 19.8 Å². The number of carbonyl (C=O) groups is 1. The number of rotatable bonds is 6. The van der Waals surface area contributed by atoms with Crippen LogP contribution in [0.1, 0.15) is 47.3 Å². The molecule has 0 bridgehead atoms. The van der Waals surface area contributed by atoms with E-state index in [0.717, 1.165) is 53.8 Å². The van der Waals surface area contributed by atoms with E-state index in [2.05, 4.69) is 36.5 Å². The van der Waals surface area contributed by atoms with Crippen molar-refractivity contribution in [2.24, 2.45) is 5.92 Å². The third-order valence-electron chi connectivity index (χ3n) is 5.45. The predicted molar refractivity (Wildman–Crippen MR) is 122 cm³/mol. The lowest BCUT2D eigenvalue weighted by atomic mass is 9.86. The molecule has 29 heavy (non-hydrogen) atoms. The second kappa shape index (κ2) is 9.57. The van der Waals surface area contributed by atoms with Crippen LogP contribution in [0.15, 0.2) is 28.7 Å². The van der Waals surface area contributed by atoms with Gasteiger partial charge in [0, 0.05) is 48.5 Å². The van der Waals surface area contributed by atoms with Crippen LogP contribution in [-0.4, -0.2) is 42.6 Å².